The van der Waals surface area contributed by atoms with Gasteiger partial charge >= 0.3 is 35.8 Å². The summed E-state index contributed by atoms with van der Waals surface area (Å²) in [6.45, 7) is -1.63. The number of carboxylic acid groups (broad SMARTS) is 1. The fourth-order valence-corrected chi connectivity index (χ4v) is 9.45. The summed E-state index contributed by atoms with van der Waals surface area (Å²) in [5.74, 6) is -41.8. The minimum Gasteiger partial charge on any atom is -0.504 e. The molecule has 11 rings (SSSR count). The van der Waals surface area contributed by atoms with E-state index in [4.69, 9.17) is 28.4 Å². The van der Waals surface area contributed by atoms with Gasteiger partial charge in [-0.05, 0) is 12.1 Å². The third-order valence-electron chi connectivity index (χ3n) is 13.1. The number of hydrogen-bond acceptors (Lipinski definition) is 30. The first-order chi connectivity index (χ1) is 37.1. The Bertz CT molecular complexity index is 3880. The van der Waals surface area contributed by atoms with Gasteiger partial charge in [-0.25, -0.2) is 28.8 Å². The number of carbonyl (C=O) groups excluding carboxylic acids is 5. The molecule has 6 bridgehead atoms. The quantitative estimate of drug-likeness (QED) is 0.0686. The van der Waals surface area contributed by atoms with Crippen LogP contribution in [-0.2, 0) is 23.7 Å². The van der Waals surface area contributed by atoms with Crippen LogP contribution >= 0.6 is 0 Å². The number of aromatic carboxylic acids is 1. The number of esters is 5. The topological polar surface area (TPSA) is 542 Å². The summed E-state index contributed by atoms with van der Waals surface area (Å²) >= 11 is 0. The largest absolute Gasteiger partial charge is 0.504 e. The maximum Gasteiger partial charge on any atom is 0.340 e. The Morgan fingerprint density at radius 1 is 0.405 bits per heavy atom. The second kappa shape index (κ2) is 17.3. The number of phenolic OH excluding ortho intramolecular Hbond substituents is 17. The Labute approximate surface area is 432 Å². The van der Waals surface area contributed by atoms with Gasteiger partial charge < -0.3 is 125 Å². The van der Waals surface area contributed by atoms with Gasteiger partial charge in [-0.1, -0.05) is 0 Å². The first kappa shape index (κ1) is 51.0. The summed E-state index contributed by atoms with van der Waals surface area (Å²) in [7, 11) is 0. The van der Waals surface area contributed by atoms with E-state index < -0.39 is 255 Å². The molecule has 79 heavy (non-hydrogen) atoms. The van der Waals surface area contributed by atoms with E-state index >= 15 is 9.59 Å². The summed E-state index contributed by atoms with van der Waals surface area (Å²) in [6.07, 6.45) is -14.2. The predicted molar refractivity (Wildman–Crippen MR) is 243 cm³/mol. The smallest absolute Gasteiger partial charge is 0.340 e. The summed E-state index contributed by atoms with van der Waals surface area (Å²) in [4.78, 5) is 86.3. The summed E-state index contributed by atoms with van der Waals surface area (Å²) in [5, 5.41) is 211. The molecule has 0 radical (unpaired) electrons. The van der Waals surface area contributed by atoms with E-state index in [-0.39, 0.29) is 12.1 Å². The van der Waals surface area contributed by atoms with Crippen molar-refractivity contribution in [2.75, 3.05) is 6.61 Å². The zero-order valence-corrected chi connectivity index (χ0v) is 38.3. The number of cyclic esters (lactones) is 1. The molecule has 0 aromatic heterocycles. The van der Waals surface area contributed by atoms with E-state index in [1.54, 1.807) is 0 Å². The molecule has 19 N–H and O–H groups in total. The van der Waals surface area contributed by atoms with E-state index in [1.165, 1.54) is 0 Å². The van der Waals surface area contributed by atoms with Crippen molar-refractivity contribution in [2.45, 2.75) is 30.5 Å². The lowest BCUT2D eigenvalue weighted by molar-refractivity contribution is -0.154. The van der Waals surface area contributed by atoms with E-state index in [0.29, 0.717) is 12.1 Å². The van der Waals surface area contributed by atoms with Gasteiger partial charge in [0, 0.05) is 51.1 Å². The van der Waals surface area contributed by atoms with Crippen molar-refractivity contribution >= 4 is 35.8 Å². The summed E-state index contributed by atoms with van der Waals surface area (Å²) in [5.41, 5.74) is -17.4. The number of phenols is 17. The molecule has 0 amide bonds. The van der Waals surface area contributed by atoms with Crippen LogP contribution < -0.4 is 4.74 Å². The molecular weight excluding hydrogens is 1070 g/mol. The molecule has 408 valence electrons. The third kappa shape index (κ3) is 7.09. The number of ether oxygens (including phenoxy) is 6. The van der Waals surface area contributed by atoms with Crippen molar-refractivity contribution in [3.05, 3.63) is 63.2 Å². The Balaban J connectivity index is 1.32. The minimum absolute atomic E-state index is 0.249. The average Bonchev–Trinajstić information content (AvgIpc) is 3.64. The third-order valence-corrected chi connectivity index (χ3v) is 13.1. The molecule has 6 aromatic rings. The van der Waals surface area contributed by atoms with Crippen molar-refractivity contribution in [1.29, 1.82) is 0 Å². The molecule has 0 aliphatic carbocycles. The Kier molecular flexibility index (Phi) is 11.2. The zero-order valence-electron chi connectivity index (χ0n) is 38.3. The van der Waals surface area contributed by atoms with E-state index in [1.807, 2.05) is 0 Å². The van der Waals surface area contributed by atoms with Gasteiger partial charge in [-0.3, -0.25) is 0 Å². The lowest BCUT2D eigenvalue weighted by Gasteiger charge is -2.40. The number of fused-ring (bicyclic) bond motifs is 7. The minimum atomic E-state index is -2.96. The molecule has 31 heteroatoms. The van der Waals surface area contributed by atoms with Crippen LogP contribution in [0.15, 0.2) is 24.3 Å². The molecule has 0 spiro atoms. The first-order valence-corrected chi connectivity index (χ1v) is 21.8. The van der Waals surface area contributed by atoms with Gasteiger partial charge in [-0.15, -0.1) is 0 Å². The predicted octanol–water partition coefficient (Wildman–Crippen LogP) is 2.22. The number of benzene rings is 6. The van der Waals surface area contributed by atoms with Crippen LogP contribution in [-0.4, -0.2) is 164 Å². The molecule has 6 aromatic carbocycles. The first-order valence-electron chi connectivity index (χ1n) is 21.8. The Hall–Kier alpha value is -11.5. The van der Waals surface area contributed by atoms with Crippen LogP contribution in [0.3, 0.4) is 0 Å². The number of carboxylic acids is 1. The maximum atomic E-state index is 15.3. The molecule has 5 heterocycles. The lowest BCUT2D eigenvalue weighted by Crippen LogP contribution is -2.56. The van der Waals surface area contributed by atoms with Crippen LogP contribution in [0.2, 0.25) is 0 Å². The second-order valence-corrected chi connectivity index (χ2v) is 17.4. The fraction of sp³-hybridized carbons (Fsp3) is 0.125. The monoisotopic (exact) mass is 1100 g/mol. The Morgan fingerprint density at radius 3 is 1.41 bits per heavy atom. The van der Waals surface area contributed by atoms with Crippen molar-refractivity contribution in [1.82, 2.24) is 0 Å². The van der Waals surface area contributed by atoms with Gasteiger partial charge in [0.2, 0.25) is 40.2 Å². The highest BCUT2D eigenvalue weighted by molar-refractivity contribution is 6.16. The van der Waals surface area contributed by atoms with Gasteiger partial charge in [0.15, 0.2) is 93.4 Å². The molecular formula is C48H30O31. The Morgan fingerprint density at radius 2 is 0.823 bits per heavy atom. The maximum absolute atomic E-state index is 15.3. The molecule has 0 saturated carbocycles. The molecule has 0 fully saturated rings. The highest BCUT2D eigenvalue weighted by Gasteiger charge is 2.55. The number of hydrogen-bond donors (Lipinski definition) is 19. The van der Waals surface area contributed by atoms with Crippen molar-refractivity contribution in [2.24, 2.45) is 0 Å². The molecule has 5 atom stereocenters. The molecule has 0 saturated heterocycles. The van der Waals surface area contributed by atoms with Gasteiger partial charge in [0.1, 0.15) is 18.3 Å². The van der Waals surface area contributed by atoms with E-state index in [9.17, 15) is 116 Å². The number of rotatable bonds is 3. The number of aromatic hydroxyl groups is 17. The fourth-order valence-electron chi connectivity index (χ4n) is 9.45. The SMILES string of the molecule is O=C(O)c1cc(O)c(O)c(O)c1Oc1cc2c(c(O)c1O)-c1c(cc(O)c(O)c1O)C(=O)OC[C@@H]1OC(=O)c3cc(O)c(O)c(O)c3-c3c(O)c(O)c(O)c4c3C(=O)O[C@H]([C@H]1OC2=O)[C@H]1OC(=O)c2c-4c(O)c(O)c(O)c2[C@H]1O. The zero-order chi connectivity index (χ0) is 57.6. The van der Waals surface area contributed by atoms with Crippen molar-refractivity contribution < 1.29 is 154 Å². The number of aliphatic hydroxyl groups excluding tert-OH is 1. The summed E-state index contributed by atoms with van der Waals surface area (Å²) in [6, 6.07) is 1.15. The molecule has 0 unspecified atom stereocenters. The highest BCUT2D eigenvalue weighted by Crippen LogP contribution is 2.62. The van der Waals surface area contributed by atoms with Crippen LogP contribution in [0, 0.1) is 0 Å². The van der Waals surface area contributed by atoms with Crippen LogP contribution in [0.25, 0.3) is 33.4 Å². The number of aliphatic hydroxyl groups is 1. The van der Waals surface area contributed by atoms with Gasteiger partial charge in [0.25, 0.3) is 0 Å². The average molecular weight is 1100 g/mol. The van der Waals surface area contributed by atoms with Crippen LogP contribution in [0.1, 0.15) is 73.8 Å². The van der Waals surface area contributed by atoms with Crippen LogP contribution in [0.5, 0.6) is 109 Å². The molecule has 31 nitrogen and oxygen atoms in total. The van der Waals surface area contributed by atoms with Gasteiger partial charge in [0.05, 0.1) is 27.8 Å². The van der Waals surface area contributed by atoms with Gasteiger partial charge in [-0.2, -0.15) is 0 Å². The standard InChI is InChI=1S/C48H30O31/c49-10-1-6-15(28(56)24(10)52)16-8(4-13(27(55)30(16)58)75-39-9(43(67)68)3-12(51)26(54)38(39)66)46(71)77-40-14(5-74-44(6)69)76-45(70)7-2-11(50)25(53)29(57)17(7)18-21-19(32(60)36(64)31(18)59)20-22-23(34(62)37(65)33(20)61)35(63)41(78-48(22)73)42(40)79-47(21)72/h1-4,14,35,40-42,49-66H,5H2,(H,67,68)/t14-,35+,40-,41-,42+/m0/s1. The molecule has 5 aliphatic rings. The van der Waals surface area contributed by atoms with E-state index in [0.717, 1.165) is 0 Å². The number of carbonyl (C=O) groups is 6. The second-order valence-electron chi connectivity index (χ2n) is 17.4. The summed E-state index contributed by atoms with van der Waals surface area (Å²) < 4.78 is 33.5. The lowest BCUT2D eigenvalue weighted by atomic mass is 9.80. The van der Waals surface area contributed by atoms with Crippen molar-refractivity contribution in [3.63, 3.8) is 0 Å². The molecule has 5 aliphatic heterocycles. The van der Waals surface area contributed by atoms with Crippen molar-refractivity contribution in [3.8, 4) is 143 Å². The normalized spacial score (nSPS) is 19.1. The van der Waals surface area contributed by atoms with E-state index in [2.05, 4.69) is 0 Å². The van der Waals surface area contributed by atoms with Crippen LogP contribution in [0.4, 0.5) is 0 Å². The highest BCUT2D eigenvalue weighted by atomic mass is 16.6.